The molecule has 0 aliphatic rings. The van der Waals surface area contributed by atoms with E-state index >= 15 is 0 Å². The van der Waals surface area contributed by atoms with Crippen LogP contribution < -0.4 is 0 Å². The highest BCUT2D eigenvalue weighted by Gasteiger charge is 2.19. The first-order valence-corrected chi connectivity index (χ1v) is 27.3. The van der Waals surface area contributed by atoms with Crippen molar-refractivity contribution >= 4 is 17.9 Å². The Morgan fingerprint density at radius 3 is 0.984 bits per heavy atom. The maximum Gasteiger partial charge on any atom is 0.306 e. The number of carbonyl (C=O) groups excluding carboxylic acids is 3. The molecule has 0 radical (unpaired) electrons. The van der Waals surface area contributed by atoms with Crippen molar-refractivity contribution in [1.29, 1.82) is 0 Å². The first-order chi connectivity index (χ1) is 31.5. The fourth-order valence-electron chi connectivity index (χ4n) is 7.73. The van der Waals surface area contributed by atoms with Gasteiger partial charge in [0.2, 0.25) is 0 Å². The average molecular weight is 895 g/mol. The van der Waals surface area contributed by atoms with Crippen LogP contribution in [0, 0.1) is 0 Å². The van der Waals surface area contributed by atoms with E-state index in [1.165, 1.54) is 154 Å². The van der Waals surface area contributed by atoms with Crippen LogP contribution in [0.4, 0.5) is 0 Å². The Kier molecular flexibility index (Phi) is 50.4. The van der Waals surface area contributed by atoms with Crippen LogP contribution in [-0.4, -0.2) is 37.2 Å². The summed E-state index contributed by atoms with van der Waals surface area (Å²) in [4.78, 5) is 38.1. The van der Waals surface area contributed by atoms with Crippen molar-refractivity contribution in [2.75, 3.05) is 13.2 Å². The maximum absolute atomic E-state index is 12.8. The predicted octanol–water partition coefficient (Wildman–Crippen LogP) is 18.0. The summed E-state index contributed by atoms with van der Waals surface area (Å²) < 4.78 is 16.8. The third kappa shape index (κ3) is 50.1. The number of allylic oxidation sites excluding steroid dienone is 10. The van der Waals surface area contributed by atoms with E-state index in [4.69, 9.17) is 14.2 Å². The average Bonchev–Trinajstić information content (AvgIpc) is 3.29. The van der Waals surface area contributed by atoms with Crippen LogP contribution in [0.15, 0.2) is 60.8 Å². The second-order valence-electron chi connectivity index (χ2n) is 18.2. The molecule has 64 heavy (non-hydrogen) atoms. The summed E-state index contributed by atoms with van der Waals surface area (Å²) in [5.74, 6) is -0.896. The lowest BCUT2D eigenvalue weighted by Gasteiger charge is -2.18. The van der Waals surface area contributed by atoms with Gasteiger partial charge in [-0.2, -0.15) is 0 Å². The first-order valence-electron chi connectivity index (χ1n) is 27.3. The lowest BCUT2D eigenvalue weighted by atomic mass is 10.0. The minimum absolute atomic E-state index is 0.0808. The summed E-state index contributed by atoms with van der Waals surface area (Å²) in [6, 6.07) is 0. The van der Waals surface area contributed by atoms with Crippen molar-refractivity contribution in [3.8, 4) is 0 Å². The van der Waals surface area contributed by atoms with Gasteiger partial charge in [-0.15, -0.1) is 0 Å². The number of esters is 3. The van der Waals surface area contributed by atoms with Crippen molar-refractivity contribution in [1.82, 2.24) is 0 Å². The summed E-state index contributed by atoms with van der Waals surface area (Å²) in [6.07, 6.45) is 64.8. The standard InChI is InChI=1S/C58H102O6/c1-4-7-10-13-16-19-22-25-28-31-33-36-39-42-45-48-51-57(60)63-54-55(64-58(61)52-49-46-43-40-37-34-30-27-24-21-18-15-12-9-6-3)53-62-56(59)50-47-44-41-38-35-32-29-26-23-20-17-14-11-8-5-2/h9,12,15,17-18,20-21,23-24,26,55H,4-8,10-11,13-14,16,19,22,25,27-54H2,1-3H3/b12-9-,18-15-,20-17-,24-21-,26-23-. The Bertz CT molecular complexity index is 1170. The zero-order valence-electron chi connectivity index (χ0n) is 42.3. The molecule has 6 nitrogen and oxygen atoms in total. The van der Waals surface area contributed by atoms with Gasteiger partial charge in [0, 0.05) is 19.3 Å². The molecule has 0 amide bonds. The summed E-state index contributed by atoms with van der Waals surface area (Å²) in [5.41, 5.74) is 0. The normalized spacial score (nSPS) is 12.5. The molecular formula is C58H102O6. The molecule has 0 saturated carbocycles. The molecular weight excluding hydrogens is 793 g/mol. The van der Waals surface area contributed by atoms with Crippen LogP contribution in [0.3, 0.4) is 0 Å². The van der Waals surface area contributed by atoms with Gasteiger partial charge in [-0.1, -0.05) is 248 Å². The fraction of sp³-hybridized carbons (Fsp3) is 0.776. The highest BCUT2D eigenvalue weighted by molar-refractivity contribution is 5.71. The van der Waals surface area contributed by atoms with Crippen LogP contribution in [-0.2, 0) is 28.6 Å². The molecule has 6 heteroatoms. The minimum atomic E-state index is -0.783. The van der Waals surface area contributed by atoms with Gasteiger partial charge in [0.05, 0.1) is 0 Å². The third-order valence-electron chi connectivity index (χ3n) is 11.8. The lowest BCUT2D eigenvalue weighted by molar-refractivity contribution is -0.167. The van der Waals surface area contributed by atoms with Gasteiger partial charge in [0.25, 0.3) is 0 Å². The smallest absolute Gasteiger partial charge is 0.306 e. The van der Waals surface area contributed by atoms with Crippen molar-refractivity contribution in [3.05, 3.63) is 60.8 Å². The number of hydrogen-bond acceptors (Lipinski definition) is 6. The quantitative estimate of drug-likeness (QED) is 0.0262. The van der Waals surface area contributed by atoms with Crippen molar-refractivity contribution in [2.45, 2.75) is 277 Å². The van der Waals surface area contributed by atoms with E-state index in [-0.39, 0.29) is 31.1 Å². The molecule has 0 aromatic rings. The van der Waals surface area contributed by atoms with E-state index in [1.54, 1.807) is 0 Å². The number of unbranched alkanes of at least 4 members (excludes halogenated alkanes) is 31. The molecule has 0 saturated heterocycles. The highest BCUT2D eigenvalue weighted by Crippen LogP contribution is 2.16. The zero-order valence-corrected chi connectivity index (χ0v) is 42.3. The Labute approximate surface area is 396 Å². The second-order valence-corrected chi connectivity index (χ2v) is 18.2. The Morgan fingerprint density at radius 2 is 0.609 bits per heavy atom. The van der Waals surface area contributed by atoms with Crippen LogP contribution in [0.25, 0.3) is 0 Å². The fourth-order valence-corrected chi connectivity index (χ4v) is 7.73. The van der Waals surface area contributed by atoms with Crippen LogP contribution >= 0.6 is 0 Å². The lowest BCUT2D eigenvalue weighted by Crippen LogP contribution is -2.30. The van der Waals surface area contributed by atoms with Gasteiger partial charge in [0.15, 0.2) is 6.10 Å². The Morgan fingerprint density at radius 1 is 0.328 bits per heavy atom. The molecule has 0 aliphatic heterocycles. The molecule has 0 aromatic heterocycles. The molecule has 0 bridgehead atoms. The summed E-state index contributed by atoms with van der Waals surface area (Å²) >= 11 is 0. The number of carbonyl (C=O) groups is 3. The predicted molar refractivity (Wildman–Crippen MR) is 275 cm³/mol. The van der Waals surface area contributed by atoms with Crippen LogP contribution in [0.5, 0.6) is 0 Å². The molecule has 0 heterocycles. The molecule has 0 aromatic carbocycles. The van der Waals surface area contributed by atoms with E-state index in [2.05, 4.69) is 81.5 Å². The summed E-state index contributed by atoms with van der Waals surface area (Å²) in [7, 11) is 0. The summed E-state index contributed by atoms with van der Waals surface area (Å²) in [6.45, 7) is 6.48. The SMILES string of the molecule is CC\C=C/C=C\C=C/CCCCCCCCCC(=O)OC(COC(=O)CCCCCCCC/C=C\C=C/CCCCC)COC(=O)CCCCCCCCCCCCCCCCCC. The van der Waals surface area contributed by atoms with Gasteiger partial charge in [0.1, 0.15) is 13.2 Å². The molecule has 1 atom stereocenters. The number of rotatable bonds is 49. The van der Waals surface area contributed by atoms with Crippen molar-refractivity contribution < 1.29 is 28.6 Å². The van der Waals surface area contributed by atoms with Gasteiger partial charge < -0.3 is 14.2 Å². The molecule has 0 rings (SSSR count). The first kappa shape index (κ1) is 61.1. The zero-order chi connectivity index (χ0) is 46.5. The van der Waals surface area contributed by atoms with Crippen molar-refractivity contribution in [2.24, 2.45) is 0 Å². The van der Waals surface area contributed by atoms with E-state index in [0.29, 0.717) is 19.3 Å². The number of ether oxygens (including phenoxy) is 3. The van der Waals surface area contributed by atoms with Crippen molar-refractivity contribution in [3.63, 3.8) is 0 Å². The maximum atomic E-state index is 12.8. The highest BCUT2D eigenvalue weighted by atomic mass is 16.6. The van der Waals surface area contributed by atoms with E-state index in [9.17, 15) is 14.4 Å². The van der Waals surface area contributed by atoms with E-state index < -0.39 is 6.10 Å². The Hall–Kier alpha value is -2.89. The summed E-state index contributed by atoms with van der Waals surface area (Å²) in [5, 5.41) is 0. The molecule has 0 fully saturated rings. The minimum Gasteiger partial charge on any atom is -0.462 e. The number of hydrogen-bond donors (Lipinski definition) is 0. The van der Waals surface area contributed by atoms with E-state index in [0.717, 1.165) is 77.0 Å². The molecule has 0 N–H and O–H groups in total. The largest absolute Gasteiger partial charge is 0.462 e. The van der Waals surface area contributed by atoms with Gasteiger partial charge in [-0.05, 0) is 64.2 Å². The Balaban J connectivity index is 4.39. The third-order valence-corrected chi connectivity index (χ3v) is 11.8. The van der Waals surface area contributed by atoms with Gasteiger partial charge >= 0.3 is 17.9 Å². The molecule has 370 valence electrons. The molecule has 1 unspecified atom stereocenters. The topological polar surface area (TPSA) is 78.9 Å². The molecule has 0 aliphatic carbocycles. The van der Waals surface area contributed by atoms with Gasteiger partial charge in [-0.25, -0.2) is 0 Å². The second kappa shape index (κ2) is 52.7. The van der Waals surface area contributed by atoms with Crippen LogP contribution in [0.1, 0.15) is 271 Å². The molecule has 0 spiro atoms. The van der Waals surface area contributed by atoms with Crippen LogP contribution in [0.2, 0.25) is 0 Å². The monoisotopic (exact) mass is 895 g/mol. The van der Waals surface area contributed by atoms with E-state index in [1.807, 2.05) is 0 Å². The van der Waals surface area contributed by atoms with Gasteiger partial charge in [-0.3, -0.25) is 14.4 Å².